The van der Waals surface area contributed by atoms with E-state index in [0.29, 0.717) is 6.54 Å². The summed E-state index contributed by atoms with van der Waals surface area (Å²) < 4.78 is 10.7. The Balaban J connectivity index is 1.63. The molecule has 2 aromatic rings. The monoisotopic (exact) mass is 342 g/mol. The molecule has 0 aliphatic carbocycles. The minimum atomic E-state index is -0.245. The van der Waals surface area contributed by atoms with Crippen LogP contribution in [-0.2, 0) is 12.8 Å². The molecular formula is C20H26N2O3. The maximum Gasteiger partial charge on any atom is 0.317 e. The normalized spacial score (nSPS) is 10.2. The van der Waals surface area contributed by atoms with Crippen molar-refractivity contribution >= 4 is 6.03 Å². The van der Waals surface area contributed by atoms with Gasteiger partial charge in [-0.05, 0) is 48.2 Å². The molecule has 0 heterocycles. The first kappa shape index (κ1) is 18.6. The van der Waals surface area contributed by atoms with Crippen LogP contribution in [0, 0.1) is 0 Å². The summed E-state index contributed by atoms with van der Waals surface area (Å²) in [5.74, 6) is 1.57. The van der Waals surface area contributed by atoms with Gasteiger partial charge in [0.25, 0.3) is 0 Å². The van der Waals surface area contributed by atoms with Crippen molar-refractivity contribution in [3.8, 4) is 11.5 Å². The molecule has 0 atom stereocenters. The molecule has 0 aliphatic heterocycles. The zero-order valence-electron chi connectivity index (χ0n) is 14.9. The lowest BCUT2D eigenvalue weighted by Gasteiger charge is -2.10. The van der Waals surface area contributed by atoms with Crippen molar-refractivity contribution in [2.45, 2.75) is 26.2 Å². The Kier molecular flexibility index (Phi) is 7.63. The summed E-state index contributed by atoms with van der Waals surface area (Å²) in [6, 6.07) is 15.5. The number of carbonyl (C=O) groups excluding carboxylic acids is 1. The van der Waals surface area contributed by atoms with Gasteiger partial charge in [0.05, 0.1) is 7.11 Å². The molecule has 0 bridgehead atoms. The van der Waals surface area contributed by atoms with Crippen molar-refractivity contribution in [2.24, 2.45) is 0 Å². The van der Waals surface area contributed by atoms with Gasteiger partial charge in [-0.3, -0.25) is 0 Å². The van der Waals surface area contributed by atoms with E-state index in [1.165, 1.54) is 5.56 Å². The highest BCUT2D eigenvalue weighted by Crippen LogP contribution is 2.13. The number of methoxy groups -OCH3 is 1. The van der Waals surface area contributed by atoms with Gasteiger partial charge in [0.15, 0.2) is 6.73 Å². The number of rotatable bonds is 9. The van der Waals surface area contributed by atoms with Gasteiger partial charge in [-0.2, -0.15) is 0 Å². The van der Waals surface area contributed by atoms with E-state index in [2.05, 4.69) is 17.6 Å². The first-order valence-corrected chi connectivity index (χ1v) is 8.57. The van der Waals surface area contributed by atoms with Crippen LogP contribution in [-0.4, -0.2) is 26.4 Å². The highest BCUT2D eigenvalue weighted by Gasteiger charge is 2.01. The number of hydrogen-bond donors (Lipinski definition) is 2. The standard InChI is InChI=1S/C20H26N2O3/c1-3-5-16-8-10-18(11-9-16)25-15-22-20(23)21-13-12-17-6-4-7-19(14-17)24-2/h4,6-11,14H,3,5,12-13,15H2,1-2H3,(H2,21,22,23). The van der Waals surface area contributed by atoms with E-state index in [-0.39, 0.29) is 12.8 Å². The Hall–Kier alpha value is -2.69. The highest BCUT2D eigenvalue weighted by atomic mass is 16.5. The number of ether oxygens (including phenoxy) is 2. The Morgan fingerprint density at radius 1 is 0.960 bits per heavy atom. The smallest absolute Gasteiger partial charge is 0.317 e. The quantitative estimate of drug-likeness (QED) is 0.686. The average molecular weight is 342 g/mol. The number of benzene rings is 2. The fraction of sp³-hybridized carbons (Fsp3) is 0.350. The third kappa shape index (κ3) is 6.75. The van der Waals surface area contributed by atoms with Crippen LogP contribution >= 0.6 is 0 Å². The summed E-state index contributed by atoms with van der Waals surface area (Å²) in [4.78, 5) is 11.8. The van der Waals surface area contributed by atoms with E-state index in [4.69, 9.17) is 9.47 Å². The van der Waals surface area contributed by atoms with Gasteiger partial charge in [-0.1, -0.05) is 37.6 Å². The maximum absolute atomic E-state index is 11.8. The zero-order chi connectivity index (χ0) is 17.9. The van der Waals surface area contributed by atoms with Crippen molar-refractivity contribution in [1.29, 1.82) is 0 Å². The molecule has 2 rings (SSSR count). The zero-order valence-corrected chi connectivity index (χ0v) is 14.9. The molecule has 0 saturated heterocycles. The number of nitrogens with one attached hydrogen (secondary N) is 2. The van der Waals surface area contributed by atoms with Gasteiger partial charge in [0, 0.05) is 6.54 Å². The predicted molar refractivity (Wildman–Crippen MR) is 99.2 cm³/mol. The van der Waals surface area contributed by atoms with E-state index in [9.17, 15) is 4.79 Å². The molecule has 2 aromatic carbocycles. The van der Waals surface area contributed by atoms with Crippen molar-refractivity contribution in [3.05, 3.63) is 59.7 Å². The Bertz CT molecular complexity index is 656. The second-order valence-corrected chi connectivity index (χ2v) is 5.72. The van der Waals surface area contributed by atoms with Crippen LogP contribution in [0.2, 0.25) is 0 Å². The lowest BCUT2D eigenvalue weighted by atomic mass is 10.1. The fourth-order valence-corrected chi connectivity index (χ4v) is 2.44. The molecule has 0 fully saturated rings. The van der Waals surface area contributed by atoms with Crippen LogP contribution < -0.4 is 20.1 Å². The minimum absolute atomic E-state index is 0.137. The van der Waals surface area contributed by atoms with Crippen LogP contribution in [0.5, 0.6) is 11.5 Å². The van der Waals surface area contributed by atoms with Gasteiger partial charge in [-0.25, -0.2) is 4.79 Å². The first-order chi connectivity index (χ1) is 12.2. The van der Waals surface area contributed by atoms with Gasteiger partial charge < -0.3 is 20.1 Å². The Morgan fingerprint density at radius 2 is 1.76 bits per heavy atom. The van der Waals surface area contributed by atoms with Crippen LogP contribution in [0.15, 0.2) is 48.5 Å². The molecule has 0 aliphatic rings. The van der Waals surface area contributed by atoms with E-state index in [1.54, 1.807) is 7.11 Å². The second-order valence-electron chi connectivity index (χ2n) is 5.72. The largest absolute Gasteiger partial charge is 0.497 e. The molecule has 0 saturated carbocycles. The molecule has 0 unspecified atom stereocenters. The van der Waals surface area contributed by atoms with Crippen molar-refractivity contribution in [3.63, 3.8) is 0 Å². The summed E-state index contributed by atoms with van der Waals surface area (Å²) in [5, 5.41) is 5.49. The van der Waals surface area contributed by atoms with Crippen LogP contribution in [0.3, 0.4) is 0 Å². The molecule has 25 heavy (non-hydrogen) atoms. The molecule has 2 N–H and O–H groups in total. The number of aryl methyl sites for hydroxylation is 1. The molecule has 0 aromatic heterocycles. The number of carbonyl (C=O) groups is 1. The average Bonchev–Trinajstić information content (AvgIpc) is 2.63. The lowest BCUT2D eigenvalue weighted by molar-refractivity contribution is 0.224. The third-order valence-electron chi connectivity index (χ3n) is 3.77. The molecular weight excluding hydrogens is 316 g/mol. The predicted octanol–water partition coefficient (Wildman–Crippen LogP) is 3.53. The van der Waals surface area contributed by atoms with Crippen molar-refractivity contribution in [2.75, 3.05) is 20.4 Å². The SMILES string of the molecule is CCCc1ccc(OCNC(=O)NCCc2cccc(OC)c2)cc1. The molecule has 0 radical (unpaired) electrons. The van der Waals surface area contributed by atoms with Crippen LogP contribution in [0.4, 0.5) is 4.79 Å². The van der Waals surface area contributed by atoms with Gasteiger partial charge in [0.1, 0.15) is 11.5 Å². The van der Waals surface area contributed by atoms with E-state index in [1.807, 2.05) is 48.5 Å². The Morgan fingerprint density at radius 3 is 2.48 bits per heavy atom. The van der Waals surface area contributed by atoms with E-state index >= 15 is 0 Å². The van der Waals surface area contributed by atoms with E-state index in [0.717, 1.165) is 36.3 Å². The summed E-state index contributed by atoms with van der Waals surface area (Å²) >= 11 is 0. The fourth-order valence-electron chi connectivity index (χ4n) is 2.44. The van der Waals surface area contributed by atoms with Crippen LogP contribution in [0.25, 0.3) is 0 Å². The van der Waals surface area contributed by atoms with Crippen molar-refractivity contribution < 1.29 is 14.3 Å². The maximum atomic E-state index is 11.8. The molecule has 134 valence electrons. The molecule has 2 amide bonds. The highest BCUT2D eigenvalue weighted by molar-refractivity contribution is 5.73. The summed E-state index contributed by atoms with van der Waals surface area (Å²) in [6.07, 6.45) is 2.93. The minimum Gasteiger partial charge on any atom is -0.497 e. The number of amides is 2. The van der Waals surface area contributed by atoms with Crippen molar-refractivity contribution in [1.82, 2.24) is 10.6 Å². The van der Waals surface area contributed by atoms with Gasteiger partial charge in [0.2, 0.25) is 0 Å². The second kappa shape index (κ2) is 10.2. The first-order valence-electron chi connectivity index (χ1n) is 8.57. The summed E-state index contributed by atoms with van der Waals surface area (Å²) in [5.41, 5.74) is 2.40. The molecule has 5 nitrogen and oxygen atoms in total. The number of hydrogen-bond acceptors (Lipinski definition) is 3. The third-order valence-corrected chi connectivity index (χ3v) is 3.77. The van der Waals surface area contributed by atoms with Gasteiger partial charge in [-0.15, -0.1) is 0 Å². The number of urea groups is 1. The van der Waals surface area contributed by atoms with Gasteiger partial charge >= 0.3 is 6.03 Å². The van der Waals surface area contributed by atoms with Crippen LogP contribution in [0.1, 0.15) is 24.5 Å². The molecule has 5 heteroatoms. The topological polar surface area (TPSA) is 59.6 Å². The summed E-state index contributed by atoms with van der Waals surface area (Å²) in [6.45, 7) is 2.84. The van der Waals surface area contributed by atoms with E-state index < -0.39 is 0 Å². The Labute approximate surface area is 149 Å². The lowest BCUT2D eigenvalue weighted by Crippen LogP contribution is -2.38. The molecule has 0 spiro atoms. The summed E-state index contributed by atoms with van der Waals surface area (Å²) in [7, 11) is 1.64.